The van der Waals surface area contributed by atoms with Crippen LogP contribution in [-0.2, 0) is 32.5 Å². The lowest BCUT2D eigenvalue weighted by molar-refractivity contribution is -0.159. The summed E-state index contributed by atoms with van der Waals surface area (Å²) in [7, 11) is 0. The third-order valence-corrected chi connectivity index (χ3v) is 6.08. The van der Waals surface area contributed by atoms with Gasteiger partial charge in [-0.3, -0.25) is 4.79 Å². The molecule has 1 saturated carbocycles. The van der Waals surface area contributed by atoms with Gasteiger partial charge in [-0.1, -0.05) is 30.3 Å². The summed E-state index contributed by atoms with van der Waals surface area (Å²) in [6.45, 7) is -0.508. The minimum Gasteiger partial charge on any atom is -0.480 e. The van der Waals surface area contributed by atoms with E-state index in [0.717, 1.165) is 18.6 Å². The first kappa shape index (κ1) is 25.3. The van der Waals surface area contributed by atoms with Gasteiger partial charge >= 0.3 is 12.1 Å². The van der Waals surface area contributed by atoms with E-state index in [1.54, 1.807) is 18.2 Å². The number of benzene rings is 2. The molecule has 2 N–H and O–H groups in total. The van der Waals surface area contributed by atoms with Gasteiger partial charge in [-0.25, -0.2) is 14.2 Å². The van der Waals surface area contributed by atoms with E-state index in [9.17, 15) is 27.2 Å². The molecule has 0 atom stereocenters. The van der Waals surface area contributed by atoms with E-state index in [1.807, 2.05) is 0 Å². The molecule has 0 radical (unpaired) electrons. The Morgan fingerprint density at radius 2 is 1.81 bits per heavy atom. The molecule has 10 heteroatoms. The summed E-state index contributed by atoms with van der Waals surface area (Å²) in [4.78, 5) is 27.3. The molecule has 4 rings (SSSR count). The molecule has 36 heavy (non-hydrogen) atoms. The lowest BCUT2D eigenvalue weighted by atomic mass is 9.74. The average molecular weight is 502 g/mol. The fourth-order valence-electron chi connectivity index (χ4n) is 4.12. The number of anilines is 1. The summed E-state index contributed by atoms with van der Waals surface area (Å²) in [6.07, 6.45) is -1.43. The minimum absolute atomic E-state index is 0.198. The first-order valence-electron chi connectivity index (χ1n) is 11.1. The van der Waals surface area contributed by atoms with Crippen molar-refractivity contribution < 1.29 is 37.0 Å². The van der Waals surface area contributed by atoms with Crippen molar-refractivity contribution in [2.75, 3.05) is 11.9 Å². The van der Waals surface area contributed by atoms with Gasteiger partial charge < -0.3 is 15.2 Å². The van der Waals surface area contributed by atoms with E-state index < -0.39 is 41.6 Å². The van der Waals surface area contributed by atoms with Crippen LogP contribution in [0, 0.1) is 5.82 Å². The predicted molar refractivity (Wildman–Crippen MR) is 123 cm³/mol. The Kier molecular flexibility index (Phi) is 7.07. The number of pyridine rings is 1. The number of alkyl halides is 3. The molecule has 1 heterocycles. The van der Waals surface area contributed by atoms with Crippen molar-refractivity contribution in [3.05, 3.63) is 83.3 Å². The van der Waals surface area contributed by atoms with Gasteiger partial charge in [0.25, 0.3) is 0 Å². The summed E-state index contributed by atoms with van der Waals surface area (Å²) in [5.74, 6) is -1.97. The van der Waals surface area contributed by atoms with Crippen LogP contribution in [0.1, 0.15) is 36.0 Å². The molecule has 0 aliphatic heterocycles. The maximum absolute atomic E-state index is 15.0. The monoisotopic (exact) mass is 502 g/mol. The second-order valence-electron chi connectivity index (χ2n) is 8.58. The number of carboxylic acids is 1. The number of carbonyl (C=O) groups excluding carboxylic acids is 1. The third kappa shape index (κ3) is 5.71. The van der Waals surface area contributed by atoms with Gasteiger partial charge in [0, 0.05) is 17.3 Å². The molecule has 0 unspecified atom stereocenters. The number of carboxylic acid groups (broad SMARTS) is 1. The number of hydrogen-bond donors (Lipinski definition) is 2. The van der Waals surface area contributed by atoms with E-state index in [2.05, 4.69) is 10.3 Å². The van der Waals surface area contributed by atoms with Crippen LogP contribution in [-0.4, -0.2) is 28.6 Å². The Bertz CT molecular complexity index is 1270. The number of rotatable bonds is 8. The van der Waals surface area contributed by atoms with Gasteiger partial charge in [0.05, 0.1) is 17.6 Å². The Labute approximate surface area is 203 Å². The van der Waals surface area contributed by atoms with E-state index in [-0.39, 0.29) is 17.8 Å². The molecule has 1 fully saturated rings. The number of aromatic nitrogens is 1. The number of nitrogens with zero attached hydrogens (tertiary/aromatic N) is 1. The Morgan fingerprint density at radius 1 is 1.06 bits per heavy atom. The van der Waals surface area contributed by atoms with Crippen molar-refractivity contribution in [3.63, 3.8) is 0 Å². The molecule has 188 valence electrons. The zero-order valence-electron chi connectivity index (χ0n) is 18.9. The molecule has 1 amide bonds. The first-order valence-corrected chi connectivity index (χ1v) is 11.1. The second-order valence-corrected chi connectivity index (χ2v) is 8.58. The highest BCUT2D eigenvalue weighted by Gasteiger charge is 2.42. The maximum Gasteiger partial charge on any atom is 0.416 e. The van der Waals surface area contributed by atoms with Gasteiger partial charge in [-0.2, -0.15) is 13.2 Å². The largest absolute Gasteiger partial charge is 0.480 e. The van der Waals surface area contributed by atoms with Crippen molar-refractivity contribution in [2.45, 2.75) is 37.5 Å². The maximum atomic E-state index is 15.0. The zero-order chi connectivity index (χ0) is 25.9. The van der Waals surface area contributed by atoms with Crippen LogP contribution in [0.4, 0.5) is 23.4 Å². The van der Waals surface area contributed by atoms with Crippen molar-refractivity contribution in [2.24, 2.45) is 0 Å². The second kappa shape index (κ2) is 10.1. The molecular weight excluding hydrogens is 480 g/mol. The number of hydrogen-bond acceptors (Lipinski definition) is 4. The molecule has 1 aliphatic carbocycles. The van der Waals surface area contributed by atoms with Crippen molar-refractivity contribution in [1.82, 2.24) is 4.98 Å². The molecule has 6 nitrogen and oxygen atoms in total. The van der Waals surface area contributed by atoms with Gasteiger partial charge in [-0.15, -0.1) is 0 Å². The summed E-state index contributed by atoms with van der Waals surface area (Å²) in [5, 5.41) is 11.4. The third-order valence-electron chi connectivity index (χ3n) is 6.08. The van der Waals surface area contributed by atoms with Crippen molar-refractivity contribution in [1.29, 1.82) is 0 Å². The van der Waals surface area contributed by atoms with Crippen LogP contribution in [0.15, 0.2) is 60.8 Å². The molecule has 2 aromatic carbocycles. The van der Waals surface area contributed by atoms with Crippen LogP contribution in [0.25, 0.3) is 11.1 Å². The number of ether oxygens (including phenoxy) is 1. The highest BCUT2D eigenvalue weighted by atomic mass is 19.4. The van der Waals surface area contributed by atoms with Crippen LogP contribution in [0.3, 0.4) is 0 Å². The SMILES string of the molecule is O=C(O)COC1(c2ccc(-c3ccc(NC(=O)Cc4cccc(C(F)(F)F)c4)nc3)cc2F)CCC1. The van der Waals surface area contributed by atoms with Crippen LogP contribution >= 0.6 is 0 Å². The number of amides is 1. The predicted octanol–water partition coefficient (Wildman–Crippen LogP) is 5.57. The minimum atomic E-state index is -4.49. The number of halogens is 4. The summed E-state index contributed by atoms with van der Waals surface area (Å²) < 4.78 is 59.0. The fourth-order valence-corrected chi connectivity index (χ4v) is 4.12. The normalized spacial score (nSPS) is 14.7. The first-order chi connectivity index (χ1) is 17.1. The van der Waals surface area contributed by atoms with Gasteiger partial charge in [0.2, 0.25) is 5.91 Å². The molecule has 0 saturated heterocycles. The highest BCUT2D eigenvalue weighted by molar-refractivity contribution is 5.91. The number of carbonyl (C=O) groups is 2. The Morgan fingerprint density at radius 3 is 2.39 bits per heavy atom. The van der Waals surface area contributed by atoms with Gasteiger partial charge in [-0.05, 0) is 54.7 Å². The fraction of sp³-hybridized carbons (Fsp3) is 0.269. The molecular formula is C26H22F4N2O4. The van der Waals surface area contributed by atoms with Gasteiger partial charge in [0.15, 0.2) is 0 Å². The summed E-state index contributed by atoms with van der Waals surface area (Å²) in [6, 6.07) is 12.3. The highest BCUT2D eigenvalue weighted by Crippen LogP contribution is 2.46. The zero-order valence-corrected chi connectivity index (χ0v) is 18.9. The smallest absolute Gasteiger partial charge is 0.416 e. The van der Waals surface area contributed by atoms with E-state index in [0.29, 0.717) is 29.5 Å². The molecule has 0 spiro atoms. The van der Waals surface area contributed by atoms with Crippen molar-refractivity contribution >= 4 is 17.7 Å². The number of nitrogens with one attached hydrogen (secondary N) is 1. The van der Waals surface area contributed by atoms with E-state index >= 15 is 0 Å². The summed E-state index contributed by atoms with van der Waals surface area (Å²) in [5.41, 5.74) is -0.141. The summed E-state index contributed by atoms with van der Waals surface area (Å²) >= 11 is 0. The number of aliphatic carboxylic acids is 1. The topological polar surface area (TPSA) is 88.5 Å². The van der Waals surface area contributed by atoms with Gasteiger partial charge in [0.1, 0.15) is 18.2 Å². The Balaban J connectivity index is 1.42. The van der Waals surface area contributed by atoms with Crippen molar-refractivity contribution in [3.8, 4) is 11.1 Å². The molecule has 0 bridgehead atoms. The lowest BCUT2D eigenvalue weighted by Crippen LogP contribution is -2.39. The molecule has 1 aliphatic rings. The van der Waals surface area contributed by atoms with Crippen LogP contribution in [0.2, 0.25) is 0 Å². The van der Waals surface area contributed by atoms with E-state index in [4.69, 9.17) is 9.84 Å². The quantitative estimate of drug-likeness (QED) is 0.394. The van der Waals surface area contributed by atoms with Crippen LogP contribution in [0.5, 0.6) is 0 Å². The lowest BCUT2D eigenvalue weighted by Gasteiger charge is -2.41. The standard InChI is InChI=1S/C26H22F4N2O4/c27-21-13-17(5-7-20(21)25(9-2-10-25)36-15-24(34)35)18-6-8-22(31-14-18)32-23(33)12-16-3-1-4-19(11-16)26(28,29)30/h1,3-8,11,13-14H,2,9-10,12,15H2,(H,34,35)(H,31,32,33). The molecule has 3 aromatic rings. The average Bonchev–Trinajstić information content (AvgIpc) is 2.79. The Hall–Kier alpha value is -3.79. The molecule has 1 aromatic heterocycles. The van der Waals surface area contributed by atoms with E-state index in [1.165, 1.54) is 30.5 Å². The van der Waals surface area contributed by atoms with Crippen LogP contribution < -0.4 is 5.32 Å².